The minimum absolute atomic E-state index is 0.579. The monoisotopic (exact) mass is 269 g/mol. The molecule has 0 atom stereocenters. The Morgan fingerprint density at radius 2 is 1.85 bits per heavy atom. The Balaban J connectivity index is 1.88. The Morgan fingerprint density at radius 1 is 1.15 bits per heavy atom. The number of hydrogen-bond donors (Lipinski definition) is 1. The molecule has 1 aromatic heterocycles. The first-order valence-corrected chi connectivity index (χ1v) is 7.59. The molecular weight excluding hydrogens is 246 g/mol. The van der Waals surface area contributed by atoms with Crippen LogP contribution in [0.1, 0.15) is 49.8 Å². The molecule has 0 amide bonds. The number of nitrogens with one attached hydrogen (secondary N) is 1. The van der Waals surface area contributed by atoms with Crippen LogP contribution < -0.4 is 5.32 Å². The summed E-state index contributed by atoms with van der Waals surface area (Å²) in [6.45, 7) is 6.68. The summed E-state index contributed by atoms with van der Waals surface area (Å²) in [5.41, 5.74) is 3.96. The van der Waals surface area contributed by atoms with Gasteiger partial charge < -0.3 is 9.88 Å². The average Bonchev–Trinajstić information content (AvgIpc) is 2.97. The van der Waals surface area contributed by atoms with Crippen LogP contribution in [0.15, 0.2) is 36.8 Å². The fraction of sp³-hybridized carbons (Fsp3) is 0.471. The quantitative estimate of drug-likeness (QED) is 0.924. The highest BCUT2D eigenvalue weighted by Crippen LogP contribution is 2.27. The lowest BCUT2D eigenvalue weighted by molar-refractivity contribution is 0.449. The van der Waals surface area contributed by atoms with Crippen molar-refractivity contribution in [2.75, 3.05) is 13.1 Å². The first-order valence-electron chi connectivity index (χ1n) is 7.59. The van der Waals surface area contributed by atoms with E-state index in [1.165, 1.54) is 29.8 Å². The van der Waals surface area contributed by atoms with E-state index in [1.807, 2.05) is 12.5 Å². The Kier molecular flexibility index (Phi) is 3.88. The second-order valence-electron chi connectivity index (χ2n) is 5.96. The van der Waals surface area contributed by atoms with Gasteiger partial charge in [0, 0.05) is 23.5 Å². The van der Waals surface area contributed by atoms with Crippen LogP contribution in [0.4, 0.5) is 0 Å². The van der Waals surface area contributed by atoms with Gasteiger partial charge in [0.1, 0.15) is 0 Å². The van der Waals surface area contributed by atoms with Crippen LogP contribution in [0.5, 0.6) is 0 Å². The van der Waals surface area contributed by atoms with Gasteiger partial charge in [-0.15, -0.1) is 0 Å². The Morgan fingerprint density at radius 3 is 2.50 bits per heavy atom. The summed E-state index contributed by atoms with van der Waals surface area (Å²) >= 11 is 0. The number of rotatable bonds is 3. The molecular formula is C17H23N3. The fourth-order valence-electron chi connectivity index (χ4n) is 2.96. The molecule has 1 fully saturated rings. The number of benzene rings is 1. The Bertz CT molecular complexity index is 548. The molecule has 0 spiro atoms. The van der Waals surface area contributed by atoms with Crippen molar-refractivity contribution in [3.8, 4) is 5.69 Å². The van der Waals surface area contributed by atoms with E-state index in [1.54, 1.807) is 0 Å². The molecule has 1 aromatic carbocycles. The Hall–Kier alpha value is -1.61. The van der Waals surface area contributed by atoms with Crippen LogP contribution in [0.3, 0.4) is 0 Å². The lowest BCUT2D eigenvalue weighted by atomic mass is 9.95. The summed E-state index contributed by atoms with van der Waals surface area (Å²) < 4.78 is 2.25. The summed E-state index contributed by atoms with van der Waals surface area (Å²) in [6.07, 6.45) is 6.39. The average molecular weight is 269 g/mol. The molecule has 1 aliphatic rings. The third-order valence-electron chi connectivity index (χ3n) is 4.26. The molecule has 3 rings (SSSR count). The zero-order chi connectivity index (χ0) is 13.9. The zero-order valence-corrected chi connectivity index (χ0v) is 12.3. The van der Waals surface area contributed by atoms with Crippen LogP contribution in [0.25, 0.3) is 5.69 Å². The van der Waals surface area contributed by atoms with E-state index in [2.05, 4.69) is 53.0 Å². The largest absolute Gasteiger partial charge is 0.317 e. The summed E-state index contributed by atoms with van der Waals surface area (Å²) in [5.74, 6) is 1.21. The highest BCUT2D eigenvalue weighted by atomic mass is 15.1. The number of piperidine rings is 1. The van der Waals surface area contributed by atoms with Gasteiger partial charge in [0.15, 0.2) is 0 Å². The molecule has 3 nitrogen and oxygen atoms in total. The van der Waals surface area contributed by atoms with Crippen molar-refractivity contribution in [1.29, 1.82) is 0 Å². The van der Waals surface area contributed by atoms with Gasteiger partial charge in [0.05, 0.1) is 6.33 Å². The van der Waals surface area contributed by atoms with Crippen LogP contribution in [0.2, 0.25) is 0 Å². The first kappa shape index (κ1) is 13.4. The van der Waals surface area contributed by atoms with E-state index in [-0.39, 0.29) is 0 Å². The maximum Gasteiger partial charge on any atom is 0.0994 e. The highest BCUT2D eigenvalue weighted by molar-refractivity contribution is 5.37. The molecule has 1 aliphatic heterocycles. The second kappa shape index (κ2) is 5.80. The van der Waals surface area contributed by atoms with Gasteiger partial charge >= 0.3 is 0 Å². The third-order valence-corrected chi connectivity index (χ3v) is 4.26. The zero-order valence-electron chi connectivity index (χ0n) is 12.3. The topological polar surface area (TPSA) is 29.9 Å². The molecule has 0 saturated carbocycles. The number of nitrogens with zero attached hydrogens (tertiary/aromatic N) is 2. The van der Waals surface area contributed by atoms with Crippen LogP contribution in [-0.2, 0) is 0 Å². The maximum absolute atomic E-state index is 4.37. The summed E-state index contributed by atoms with van der Waals surface area (Å²) in [4.78, 5) is 4.37. The van der Waals surface area contributed by atoms with Crippen molar-refractivity contribution in [3.63, 3.8) is 0 Å². The molecule has 0 unspecified atom stereocenters. The maximum atomic E-state index is 4.37. The normalized spacial score (nSPS) is 16.8. The lowest BCUT2D eigenvalue weighted by Gasteiger charge is -2.23. The minimum atomic E-state index is 0.579. The number of hydrogen-bond acceptors (Lipinski definition) is 2. The SMILES string of the molecule is CC(C)c1ccc(-n2cncc2C2CCNCC2)cc1. The van der Waals surface area contributed by atoms with Crippen LogP contribution in [0, 0.1) is 0 Å². The summed E-state index contributed by atoms with van der Waals surface area (Å²) in [5, 5.41) is 3.43. The molecule has 0 bridgehead atoms. The molecule has 3 heteroatoms. The van der Waals surface area contributed by atoms with Gasteiger partial charge in [0.25, 0.3) is 0 Å². The summed E-state index contributed by atoms with van der Waals surface area (Å²) in [7, 11) is 0. The molecule has 0 aliphatic carbocycles. The fourth-order valence-corrected chi connectivity index (χ4v) is 2.96. The van der Waals surface area contributed by atoms with Crippen molar-refractivity contribution < 1.29 is 0 Å². The van der Waals surface area contributed by atoms with Gasteiger partial charge in [-0.1, -0.05) is 26.0 Å². The highest BCUT2D eigenvalue weighted by Gasteiger charge is 2.19. The van der Waals surface area contributed by atoms with Gasteiger partial charge in [-0.2, -0.15) is 0 Å². The lowest BCUT2D eigenvalue weighted by Crippen LogP contribution is -2.27. The van der Waals surface area contributed by atoms with Gasteiger partial charge in [0.2, 0.25) is 0 Å². The van der Waals surface area contributed by atoms with Crippen molar-refractivity contribution >= 4 is 0 Å². The van der Waals surface area contributed by atoms with Crippen molar-refractivity contribution in [2.24, 2.45) is 0 Å². The van der Waals surface area contributed by atoms with Crippen LogP contribution in [-0.4, -0.2) is 22.6 Å². The van der Waals surface area contributed by atoms with E-state index >= 15 is 0 Å². The van der Waals surface area contributed by atoms with Crippen molar-refractivity contribution in [2.45, 2.75) is 38.5 Å². The smallest absolute Gasteiger partial charge is 0.0994 e. The minimum Gasteiger partial charge on any atom is -0.317 e. The third kappa shape index (κ3) is 2.63. The van der Waals surface area contributed by atoms with E-state index in [9.17, 15) is 0 Å². The number of imidazole rings is 1. The van der Waals surface area contributed by atoms with E-state index in [4.69, 9.17) is 0 Å². The van der Waals surface area contributed by atoms with E-state index in [0.29, 0.717) is 11.8 Å². The predicted octanol–water partition coefficient (Wildman–Crippen LogP) is 3.46. The molecule has 0 radical (unpaired) electrons. The van der Waals surface area contributed by atoms with Crippen molar-refractivity contribution in [3.05, 3.63) is 48.0 Å². The summed E-state index contributed by atoms with van der Waals surface area (Å²) in [6, 6.07) is 8.88. The molecule has 20 heavy (non-hydrogen) atoms. The van der Waals surface area contributed by atoms with E-state index < -0.39 is 0 Å². The molecule has 2 aromatic rings. The molecule has 2 heterocycles. The van der Waals surface area contributed by atoms with Crippen LogP contribution >= 0.6 is 0 Å². The van der Waals surface area contributed by atoms with Gasteiger partial charge in [-0.05, 0) is 49.5 Å². The number of aromatic nitrogens is 2. The van der Waals surface area contributed by atoms with Crippen molar-refractivity contribution in [1.82, 2.24) is 14.9 Å². The predicted molar refractivity (Wildman–Crippen MR) is 82.5 cm³/mol. The Labute approximate surface area is 121 Å². The first-order chi connectivity index (χ1) is 9.75. The molecule has 1 saturated heterocycles. The molecule has 106 valence electrons. The van der Waals surface area contributed by atoms with Gasteiger partial charge in [-0.25, -0.2) is 4.98 Å². The standard InChI is InChI=1S/C17H23N3/c1-13(2)14-3-5-16(6-4-14)20-12-19-11-17(20)15-7-9-18-10-8-15/h3-6,11-13,15,18H,7-10H2,1-2H3. The van der Waals surface area contributed by atoms with Gasteiger partial charge in [-0.3, -0.25) is 0 Å². The van der Waals surface area contributed by atoms with E-state index in [0.717, 1.165) is 13.1 Å². The second-order valence-corrected chi connectivity index (χ2v) is 5.96. The molecule has 1 N–H and O–H groups in total.